The van der Waals surface area contributed by atoms with Crippen LogP contribution < -0.4 is 0 Å². The first kappa shape index (κ1) is 18.6. The van der Waals surface area contributed by atoms with E-state index in [0.29, 0.717) is 18.7 Å². The van der Waals surface area contributed by atoms with Crippen molar-refractivity contribution in [3.8, 4) is 0 Å². The molecule has 1 aromatic rings. The molecule has 1 fully saturated rings. The molecule has 0 spiro atoms. The van der Waals surface area contributed by atoms with Gasteiger partial charge in [-0.15, -0.1) is 0 Å². The second-order valence-electron chi connectivity index (χ2n) is 7.32. The normalized spacial score (nSPS) is 19.6. The molecule has 0 N–H and O–H groups in total. The molecule has 0 aromatic heterocycles. The van der Waals surface area contributed by atoms with Crippen LogP contribution in [0.1, 0.15) is 60.0 Å². The van der Waals surface area contributed by atoms with Gasteiger partial charge in [-0.1, -0.05) is 12.1 Å². The number of hydrogen-bond donors (Lipinski definition) is 0. The summed E-state index contributed by atoms with van der Waals surface area (Å²) in [5, 5.41) is 0. The zero-order valence-corrected chi connectivity index (χ0v) is 15.5. The van der Waals surface area contributed by atoms with Gasteiger partial charge in [-0.3, -0.25) is 14.4 Å². The summed E-state index contributed by atoms with van der Waals surface area (Å²) in [5.41, 5.74) is 3.35. The van der Waals surface area contributed by atoms with Gasteiger partial charge in [0.05, 0.1) is 13.0 Å². The SMILES string of the molecule is COC(=O)C1CCCN(C(=O)CCC(=O)c2ccc3c(c2)CCCC3)C1. The monoisotopic (exact) mass is 357 g/mol. The summed E-state index contributed by atoms with van der Waals surface area (Å²) in [6, 6.07) is 5.97. The van der Waals surface area contributed by atoms with Crippen LogP contribution in [0.2, 0.25) is 0 Å². The van der Waals surface area contributed by atoms with Crippen molar-refractivity contribution in [3.63, 3.8) is 0 Å². The molecule has 0 bridgehead atoms. The summed E-state index contributed by atoms with van der Waals surface area (Å²) in [4.78, 5) is 38.3. The molecule has 1 saturated heterocycles. The van der Waals surface area contributed by atoms with Gasteiger partial charge in [-0.2, -0.15) is 0 Å². The van der Waals surface area contributed by atoms with E-state index in [9.17, 15) is 14.4 Å². The molecule has 1 aliphatic carbocycles. The number of ether oxygens (including phenoxy) is 1. The number of aryl methyl sites for hydroxylation is 2. The highest BCUT2D eigenvalue weighted by molar-refractivity contribution is 5.98. The van der Waals surface area contributed by atoms with E-state index in [-0.39, 0.29) is 36.4 Å². The van der Waals surface area contributed by atoms with Gasteiger partial charge in [0.25, 0.3) is 0 Å². The number of fused-ring (bicyclic) bond motifs is 1. The first-order valence-electron chi connectivity index (χ1n) is 9.59. The summed E-state index contributed by atoms with van der Waals surface area (Å²) in [7, 11) is 1.38. The Labute approximate surface area is 154 Å². The third-order valence-electron chi connectivity index (χ3n) is 5.55. The van der Waals surface area contributed by atoms with Crippen LogP contribution in [0.15, 0.2) is 18.2 Å². The molecule has 1 heterocycles. The number of carbonyl (C=O) groups excluding carboxylic acids is 3. The largest absolute Gasteiger partial charge is 0.469 e. The average Bonchev–Trinajstić information content (AvgIpc) is 2.70. The van der Waals surface area contributed by atoms with E-state index in [2.05, 4.69) is 6.07 Å². The Morgan fingerprint density at radius 2 is 1.85 bits per heavy atom. The third kappa shape index (κ3) is 4.32. The molecular formula is C21H27NO4. The predicted molar refractivity (Wildman–Crippen MR) is 98.0 cm³/mol. The van der Waals surface area contributed by atoms with Crippen molar-refractivity contribution in [2.24, 2.45) is 5.92 Å². The number of amides is 1. The molecule has 140 valence electrons. The maximum absolute atomic E-state index is 12.5. The van der Waals surface area contributed by atoms with Gasteiger partial charge in [0, 0.05) is 31.5 Å². The van der Waals surface area contributed by atoms with E-state index >= 15 is 0 Å². The standard InChI is InChI=1S/C21H27NO4/c1-26-21(25)18-7-4-12-22(14-18)20(24)11-10-19(23)17-9-8-15-5-2-3-6-16(15)13-17/h8-9,13,18H,2-7,10-12,14H2,1H3. The maximum atomic E-state index is 12.5. The predicted octanol–water partition coefficient (Wildman–Crippen LogP) is 2.94. The van der Waals surface area contributed by atoms with Crippen LogP contribution in [-0.2, 0) is 27.2 Å². The van der Waals surface area contributed by atoms with Gasteiger partial charge in [0.2, 0.25) is 5.91 Å². The zero-order valence-electron chi connectivity index (χ0n) is 15.5. The molecule has 26 heavy (non-hydrogen) atoms. The minimum Gasteiger partial charge on any atom is -0.469 e. The first-order valence-corrected chi connectivity index (χ1v) is 9.59. The van der Waals surface area contributed by atoms with Crippen LogP contribution in [0.3, 0.4) is 0 Å². The Kier molecular flexibility index (Phi) is 6.07. The van der Waals surface area contributed by atoms with Gasteiger partial charge >= 0.3 is 5.97 Å². The van der Waals surface area contributed by atoms with Crippen molar-refractivity contribution in [1.82, 2.24) is 4.90 Å². The fourth-order valence-electron chi connectivity index (χ4n) is 3.99. The van der Waals surface area contributed by atoms with E-state index in [1.807, 2.05) is 12.1 Å². The number of hydrogen-bond acceptors (Lipinski definition) is 4. The molecule has 1 aromatic carbocycles. The number of esters is 1. The van der Waals surface area contributed by atoms with E-state index in [0.717, 1.165) is 25.7 Å². The zero-order chi connectivity index (χ0) is 18.5. The van der Waals surface area contributed by atoms with Crippen molar-refractivity contribution in [2.45, 2.75) is 51.4 Å². The van der Waals surface area contributed by atoms with Crippen molar-refractivity contribution in [1.29, 1.82) is 0 Å². The van der Waals surface area contributed by atoms with Crippen LogP contribution in [0, 0.1) is 5.92 Å². The highest BCUT2D eigenvalue weighted by Gasteiger charge is 2.29. The summed E-state index contributed by atoms with van der Waals surface area (Å²) in [5.74, 6) is -0.528. The number of ketones is 1. The highest BCUT2D eigenvalue weighted by Crippen LogP contribution is 2.23. The molecule has 5 heteroatoms. The quantitative estimate of drug-likeness (QED) is 0.600. The number of benzene rings is 1. The lowest BCUT2D eigenvalue weighted by Gasteiger charge is -2.31. The Morgan fingerprint density at radius 1 is 1.08 bits per heavy atom. The lowest BCUT2D eigenvalue weighted by Crippen LogP contribution is -2.42. The summed E-state index contributed by atoms with van der Waals surface area (Å²) >= 11 is 0. The Hall–Kier alpha value is -2.17. The summed E-state index contributed by atoms with van der Waals surface area (Å²) < 4.78 is 4.79. The molecule has 0 radical (unpaired) electrons. The second-order valence-corrected chi connectivity index (χ2v) is 7.32. The summed E-state index contributed by atoms with van der Waals surface area (Å²) in [6.45, 7) is 1.05. The van der Waals surface area contributed by atoms with Gasteiger partial charge in [-0.25, -0.2) is 0 Å². The van der Waals surface area contributed by atoms with E-state index in [1.165, 1.54) is 31.1 Å². The molecule has 1 atom stereocenters. The van der Waals surface area contributed by atoms with Crippen LogP contribution in [0.5, 0.6) is 0 Å². The number of methoxy groups -OCH3 is 1. The molecule has 1 aliphatic heterocycles. The van der Waals surface area contributed by atoms with E-state index in [4.69, 9.17) is 4.74 Å². The van der Waals surface area contributed by atoms with Crippen LogP contribution >= 0.6 is 0 Å². The topological polar surface area (TPSA) is 63.7 Å². The van der Waals surface area contributed by atoms with Crippen LogP contribution in [0.25, 0.3) is 0 Å². The summed E-state index contributed by atoms with van der Waals surface area (Å²) in [6.07, 6.45) is 6.50. The molecule has 2 aliphatic rings. The van der Waals surface area contributed by atoms with Crippen LogP contribution in [0.4, 0.5) is 0 Å². The Balaban J connectivity index is 1.54. The fourth-order valence-corrected chi connectivity index (χ4v) is 3.99. The molecule has 0 saturated carbocycles. The highest BCUT2D eigenvalue weighted by atomic mass is 16.5. The lowest BCUT2D eigenvalue weighted by molar-refractivity contribution is -0.149. The van der Waals surface area contributed by atoms with E-state index in [1.54, 1.807) is 4.90 Å². The minimum absolute atomic E-state index is 0.0215. The number of piperidine rings is 1. The number of Topliss-reactive ketones (excluding diaryl/α,β-unsaturated/α-hetero) is 1. The molecule has 3 rings (SSSR count). The Morgan fingerprint density at radius 3 is 2.62 bits per heavy atom. The van der Waals surface area contributed by atoms with E-state index < -0.39 is 0 Å². The molecular weight excluding hydrogens is 330 g/mol. The number of nitrogens with zero attached hydrogens (tertiary/aromatic N) is 1. The number of carbonyl (C=O) groups is 3. The van der Waals surface area contributed by atoms with Gasteiger partial charge in [0.1, 0.15) is 0 Å². The lowest BCUT2D eigenvalue weighted by atomic mass is 9.89. The second kappa shape index (κ2) is 8.47. The Bertz CT molecular complexity index is 697. The molecule has 5 nitrogen and oxygen atoms in total. The molecule has 1 amide bonds. The average molecular weight is 357 g/mol. The maximum Gasteiger partial charge on any atom is 0.310 e. The molecule has 1 unspecified atom stereocenters. The van der Waals surface area contributed by atoms with Gasteiger partial charge < -0.3 is 9.64 Å². The number of likely N-dealkylation sites (tertiary alicyclic amines) is 1. The fraction of sp³-hybridized carbons (Fsp3) is 0.571. The van der Waals surface area contributed by atoms with Gasteiger partial charge in [-0.05, 0) is 55.7 Å². The first-order chi connectivity index (χ1) is 12.6. The number of rotatable bonds is 5. The van der Waals surface area contributed by atoms with Gasteiger partial charge in [0.15, 0.2) is 5.78 Å². The minimum atomic E-state index is -0.257. The van der Waals surface area contributed by atoms with Crippen LogP contribution in [-0.4, -0.2) is 42.8 Å². The van der Waals surface area contributed by atoms with Crippen molar-refractivity contribution < 1.29 is 19.1 Å². The van der Waals surface area contributed by atoms with Crippen molar-refractivity contribution in [3.05, 3.63) is 34.9 Å². The third-order valence-corrected chi connectivity index (χ3v) is 5.55. The van der Waals surface area contributed by atoms with Crippen molar-refractivity contribution >= 4 is 17.7 Å². The smallest absolute Gasteiger partial charge is 0.310 e. The van der Waals surface area contributed by atoms with Crippen molar-refractivity contribution in [2.75, 3.05) is 20.2 Å².